The van der Waals surface area contributed by atoms with Crippen LogP contribution in [0.5, 0.6) is 0 Å². The Labute approximate surface area is 128 Å². The maximum atomic E-state index is 12.4. The number of para-hydroxylation sites is 1. The average Bonchev–Trinajstić information content (AvgIpc) is 2.89. The van der Waals surface area contributed by atoms with Gasteiger partial charge in [-0.2, -0.15) is 18.3 Å². The highest BCUT2D eigenvalue weighted by Crippen LogP contribution is 2.29. The van der Waals surface area contributed by atoms with Crippen LogP contribution >= 0.6 is 11.3 Å². The molecule has 112 valence electrons. The monoisotopic (exact) mass is 321 g/mol. The van der Waals surface area contributed by atoms with Crippen molar-refractivity contribution in [1.82, 2.24) is 4.98 Å². The van der Waals surface area contributed by atoms with Gasteiger partial charge in [0.2, 0.25) is 5.13 Å². The third-order valence-corrected chi connectivity index (χ3v) is 3.85. The van der Waals surface area contributed by atoms with E-state index in [9.17, 15) is 13.2 Å². The second kappa shape index (κ2) is 5.76. The summed E-state index contributed by atoms with van der Waals surface area (Å²) in [4.78, 5) is 4.34. The number of hydrogen-bond acceptors (Lipinski definition) is 4. The highest BCUT2D eigenvalue weighted by Gasteiger charge is 2.29. The van der Waals surface area contributed by atoms with Crippen molar-refractivity contribution in [2.24, 2.45) is 5.10 Å². The molecule has 3 aromatic rings. The molecule has 0 aliphatic rings. The Morgan fingerprint density at radius 1 is 1.05 bits per heavy atom. The number of benzene rings is 2. The summed E-state index contributed by atoms with van der Waals surface area (Å²) in [7, 11) is 0. The molecular weight excluding hydrogens is 311 g/mol. The lowest BCUT2D eigenvalue weighted by atomic mass is 10.1. The highest BCUT2D eigenvalue weighted by atomic mass is 32.1. The van der Waals surface area contributed by atoms with Crippen LogP contribution in [0.1, 0.15) is 11.1 Å². The summed E-state index contributed by atoms with van der Waals surface area (Å²) >= 11 is 1.45. The number of alkyl halides is 3. The van der Waals surface area contributed by atoms with Gasteiger partial charge in [0.25, 0.3) is 0 Å². The van der Waals surface area contributed by atoms with Crippen molar-refractivity contribution in [3.63, 3.8) is 0 Å². The third kappa shape index (κ3) is 3.25. The molecule has 2 aromatic carbocycles. The fourth-order valence-corrected chi connectivity index (χ4v) is 2.66. The fraction of sp³-hybridized carbons (Fsp3) is 0.0667. The summed E-state index contributed by atoms with van der Waals surface area (Å²) < 4.78 is 38.4. The molecule has 3 rings (SSSR count). The van der Waals surface area contributed by atoms with Gasteiger partial charge in [-0.3, -0.25) is 5.43 Å². The second-order valence-corrected chi connectivity index (χ2v) is 5.51. The number of anilines is 1. The van der Waals surface area contributed by atoms with E-state index in [-0.39, 0.29) is 0 Å². The molecule has 0 radical (unpaired) electrons. The van der Waals surface area contributed by atoms with Crippen LogP contribution in [0.2, 0.25) is 0 Å². The Kier molecular flexibility index (Phi) is 3.81. The van der Waals surface area contributed by atoms with Crippen molar-refractivity contribution in [1.29, 1.82) is 0 Å². The molecule has 1 aromatic heterocycles. The fourth-order valence-electron chi connectivity index (χ4n) is 1.84. The number of rotatable bonds is 3. The lowest BCUT2D eigenvalue weighted by molar-refractivity contribution is -0.137. The van der Waals surface area contributed by atoms with Crippen LogP contribution in [0.25, 0.3) is 10.2 Å². The van der Waals surface area contributed by atoms with E-state index in [1.54, 1.807) is 0 Å². The van der Waals surface area contributed by atoms with Crippen LogP contribution < -0.4 is 5.43 Å². The summed E-state index contributed by atoms with van der Waals surface area (Å²) in [6.07, 6.45) is -2.87. The van der Waals surface area contributed by atoms with E-state index in [0.717, 1.165) is 22.3 Å². The van der Waals surface area contributed by atoms with E-state index in [1.165, 1.54) is 29.7 Å². The zero-order valence-corrected chi connectivity index (χ0v) is 11.9. The number of nitrogens with one attached hydrogen (secondary N) is 1. The van der Waals surface area contributed by atoms with Gasteiger partial charge in [-0.25, -0.2) is 4.98 Å². The van der Waals surface area contributed by atoms with E-state index >= 15 is 0 Å². The number of hydrazone groups is 1. The van der Waals surface area contributed by atoms with Crippen molar-refractivity contribution in [3.05, 3.63) is 59.7 Å². The van der Waals surface area contributed by atoms with E-state index in [4.69, 9.17) is 0 Å². The van der Waals surface area contributed by atoms with Crippen LogP contribution in [0.15, 0.2) is 53.6 Å². The summed E-state index contributed by atoms with van der Waals surface area (Å²) in [6, 6.07) is 12.5. The Balaban J connectivity index is 1.69. The maximum Gasteiger partial charge on any atom is 0.416 e. The van der Waals surface area contributed by atoms with Gasteiger partial charge >= 0.3 is 6.18 Å². The first kappa shape index (κ1) is 14.5. The topological polar surface area (TPSA) is 37.3 Å². The first-order valence-corrected chi connectivity index (χ1v) is 7.16. The average molecular weight is 321 g/mol. The van der Waals surface area contributed by atoms with E-state index in [1.807, 2.05) is 24.3 Å². The van der Waals surface area contributed by atoms with Crippen LogP contribution in [-0.4, -0.2) is 11.2 Å². The number of thiazole rings is 1. The minimum atomic E-state index is -4.32. The van der Waals surface area contributed by atoms with Crippen LogP contribution in [0, 0.1) is 0 Å². The van der Waals surface area contributed by atoms with Gasteiger partial charge < -0.3 is 0 Å². The predicted octanol–water partition coefficient (Wildman–Crippen LogP) is 4.76. The van der Waals surface area contributed by atoms with Gasteiger partial charge in [0.15, 0.2) is 0 Å². The molecule has 0 aliphatic heterocycles. The summed E-state index contributed by atoms with van der Waals surface area (Å²) in [6.45, 7) is 0. The standard InChI is InChI=1S/C15H10F3N3S/c16-15(17,18)11-7-5-10(6-8-11)9-19-21-14-20-12-3-1-2-4-13(12)22-14/h1-9H,(H,20,21). The summed E-state index contributed by atoms with van der Waals surface area (Å²) in [5.41, 5.74) is 3.55. The zero-order chi connectivity index (χ0) is 15.6. The van der Waals surface area contributed by atoms with Crippen molar-refractivity contribution in [2.45, 2.75) is 6.18 Å². The van der Waals surface area contributed by atoms with Crippen molar-refractivity contribution in [3.8, 4) is 0 Å². The zero-order valence-electron chi connectivity index (χ0n) is 11.1. The maximum absolute atomic E-state index is 12.4. The molecule has 3 nitrogen and oxygen atoms in total. The van der Waals surface area contributed by atoms with E-state index in [2.05, 4.69) is 15.5 Å². The van der Waals surface area contributed by atoms with Crippen molar-refractivity contribution >= 4 is 32.9 Å². The van der Waals surface area contributed by atoms with E-state index < -0.39 is 11.7 Å². The minimum Gasteiger partial charge on any atom is -0.253 e. The largest absolute Gasteiger partial charge is 0.416 e. The molecule has 0 spiro atoms. The SMILES string of the molecule is FC(F)(F)c1ccc(C=NNc2nc3ccccc3s2)cc1. The normalized spacial score (nSPS) is 12.1. The Bertz CT molecular complexity index is 774. The van der Waals surface area contributed by atoms with Gasteiger partial charge in [0.1, 0.15) is 0 Å². The van der Waals surface area contributed by atoms with Gasteiger partial charge in [0, 0.05) is 0 Å². The predicted molar refractivity (Wildman–Crippen MR) is 82.3 cm³/mol. The van der Waals surface area contributed by atoms with E-state index in [0.29, 0.717) is 10.7 Å². The van der Waals surface area contributed by atoms with Gasteiger partial charge in [0.05, 0.1) is 22.0 Å². The molecule has 0 fully saturated rings. The third-order valence-electron chi connectivity index (χ3n) is 2.91. The second-order valence-electron chi connectivity index (χ2n) is 4.48. The Morgan fingerprint density at radius 2 is 1.77 bits per heavy atom. The first-order chi connectivity index (χ1) is 10.5. The highest BCUT2D eigenvalue weighted by molar-refractivity contribution is 7.22. The van der Waals surface area contributed by atoms with Crippen molar-refractivity contribution in [2.75, 3.05) is 5.43 Å². The van der Waals surface area contributed by atoms with Gasteiger partial charge in [-0.05, 0) is 29.8 Å². The van der Waals surface area contributed by atoms with Crippen LogP contribution in [0.4, 0.5) is 18.3 Å². The van der Waals surface area contributed by atoms with Crippen LogP contribution in [0.3, 0.4) is 0 Å². The quantitative estimate of drug-likeness (QED) is 0.558. The molecule has 0 aliphatic carbocycles. The molecule has 7 heteroatoms. The number of hydrogen-bond donors (Lipinski definition) is 1. The Morgan fingerprint density at radius 3 is 2.45 bits per heavy atom. The van der Waals surface area contributed by atoms with Gasteiger partial charge in [-0.1, -0.05) is 35.6 Å². The summed E-state index contributed by atoms with van der Waals surface area (Å²) in [5.74, 6) is 0. The van der Waals surface area contributed by atoms with Crippen molar-refractivity contribution < 1.29 is 13.2 Å². The van der Waals surface area contributed by atoms with Crippen LogP contribution in [-0.2, 0) is 6.18 Å². The van der Waals surface area contributed by atoms with Gasteiger partial charge in [-0.15, -0.1) is 0 Å². The molecule has 1 heterocycles. The number of halogens is 3. The lowest BCUT2D eigenvalue weighted by Gasteiger charge is -2.05. The first-order valence-electron chi connectivity index (χ1n) is 6.34. The molecule has 1 N–H and O–H groups in total. The molecule has 0 atom stereocenters. The number of fused-ring (bicyclic) bond motifs is 1. The Hall–Kier alpha value is -2.41. The molecule has 0 bridgehead atoms. The smallest absolute Gasteiger partial charge is 0.253 e. The molecule has 0 saturated carbocycles. The lowest BCUT2D eigenvalue weighted by Crippen LogP contribution is -2.04. The molecule has 0 amide bonds. The molecule has 0 unspecified atom stereocenters. The number of nitrogens with zero attached hydrogens (tertiary/aromatic N) is 2. The summed E-state index contributed by atoms with van der Waals surface area (Å²) in [5, 5.41) is 4.62. The molecule has 22 heavy (non-hydrogen) atoms. The minimum absolute atomic E-state index is 0.571. The molecule has 0 saturated heterocycles. The molecular formula is C15H10F3N3S. The number of aromatic nitrogens is 1.